The van der Waals surface area contributed by atoms with Gasteiger partial charge in [-0.15, -0.1) is 0 Å². The van der Waals surface area contributed by atoms with Crippen molar-refractivity contribution < 1.29 is 27.1 Å². The van der Waals surface area contributed by atoms with E-state index in [1.54, 1.807) is 7.05 Å². The Hall–Kier alpha value is -2.78. The van der Waals surface area contributed by atoms with Crippen LogP contribution in [0.4, 0.5) is 4.39 Å². The van der Waals surface area contributed by atoms with Gasteiger partial charge in [0.2, 0.25) is 10.0 Å². The molecule has 0 unspecified atom stereocenters. The number of benzene rings is 2. The first-order valence-electron chi connectivity index (χ1n) is 10.3. The second-order valence-electron chi connectivity index (χ2n) is 7.46. The van der Waals surface area contributed by atoms with E-state index in [4.69, 9.17) is 4.74 Å². The van der Waals surface area contributed by atoms with E-state index < -0.39 is 21.8 Å². The summed E-state index contributed by atoms with van der Waals surface area (Å²) >= 11 is 0. The third-order valence-corrected chi connectivity index (χ3v) is 6.88. The standard InChI is InChI=1S/C23H29FN2O5S/c1-4-18-7-9-19(10-8-18)16-25(2)22(27)17-31-23(28)6-5-15-26(3)32(29,30)21-13-11-20(24)12-14-21/h7-14H,4-6,15-17H2,1-3H3. The fourth-order valence-corrected chi connectivity index (χ4v) is 4.13. The minimum Gasteiger partial charge on any atom is -0.456 e. The summed E-state index contributed by atoms with van der Waals surface area (Å²) in [6.07, 6.45) is 1.14. The second kappa shape index (κ2) is 11.7. The maximum Gasteiger partial charge on any atom is 0.306 e. The second-order valence-corrected chi connectivity index (χ2v) is 9.51. The quantitative estimate of drug-likeness (QED) is 0.478. The van der Waals surface area contributed by atoms with Crippen LogP contribution in [-0.2, 0) is 37.3 Å². The summed E-state index contributed by atoms with van der Waals surface area (Å²) in [5, 5.41) is 0. The number of halogens is 1. The van der Waals surface area contributed by atoms with Crippen molar-refractivity contribution in [1.29, 1.82) is 0 Å². The Morgan fingerprint density at radius 2 is 1.56 bits per heavy atom. The van der Waals surface area contributed by atoms with Gasteiger partial charge in [-0.1, -0.05) is 31.2 Å². The fraction of sp³-hybridized carbons (Fsp3) is 0.391. The smallest absolute Gasteiger partial charge is 0.306 e. The van der Waals surface area contributed by atoms with Gasteiger partial charge in [-0.2, -0.15) is 0 Å². The molecule has 0 aromatic heterocycles. The minimum atomic E-state index is -3.77. The molecule has 0 aliphatic rings. The van der Waals surface area contributed by atoms with Crippen molar-refractivity contribution in [3.63, 3.8) is 0 Å². The summed E-state index contributed by atoms with van der Waals surface area (Å²) in [4.78, 5) is 25.6. The maximum absolute atomic E-state index is 13.0. The van der Waals surface area contributed by atoms with Crippen LogP contribution in [0.5, 0.6) is 0 Å². The Morgan fingerprint density at radius 1 is 0.969 bits per heavy atom. The predicted molar refractivity (Wildman–Crippen MR) is 119 cm³/mol. The van der Waals surface area contributed by atoms with E-state index in [0.29, 0.717) is 6.54 Å². The Balaban J connectivity index is 1.72. The average Bonchev–Trinajstić information content (AvgIpc) is 2.78. The number of ether oxygens (including phenoxy) is 1. The molecular formula is C23H29FN2O5S. The molecule has 0 atom stereocenters. The summed E-state index contributed by atoms with van der Waals surface area (Å²) < 4.78 is 44.0. The van der Waals surface area contributed by atoms with Crippen molar-refractivity contribution in [1.82, 2.24) is 9.21 Å². The van der Waals surface area contributed by atoms with Crippen molar-refractivity contribution in [3.05, 3.63) is 65.5 Å². The number of nitrogens with zero attached hydrogens (tertiary/aromatic N) is 2. The number of sulfonamides is 1. The van der Waals surface area contributed by atoms with Gasteiger partial charge >= 0.3 is 5.97 Å². The summed E-state index contributed by atoms with van der Waals surface area (Å²) in [7, 11) is -0.749. The van der Waals surface area contributed by atoms with E-state index >= 15 is 0 Å². The number of hydrogen-bond donors (Lipinski definition) is 0. The van der Waals surface area contributed by atoms with E-state index in [9.17, 15) is 22.4 Å². The highest BCUT2D eigenvalue weighted by Crippen LogP contribution is 2.15. The van der Waals surface area contributed by atoms with E-state index in [1.807, 2.05) is 24.3 Å². The zero-order valence-electron chi connectivity index (χ0n) is 18.6. The molecule has 0 fully saturated rings. The van der Waals surface area contributed by atoms with Crippen LogP contribution in [0.15, 0.2) is 53.4 Å². The van der Waals surface area contributed by atoms with E-state index in [0.717, 1.165) is 28.4 Å². The summed E-state index contributed by atoms with van der Waals surface area (Å²) in [6, 6.07) is 12.5. The molecule has 0 radical (unpaired) electrons. The van der Waals surface area contributed by atoms with E-state index in [-0.39, 0.29) is 36.8 Å². The lowest BCUT2D eigenvalue weighted by molar-refractivity contribution is -0.151. The highest BCUT2D eigenvalue weighted by atomic mass is 32.2. The van der Waals surface area contributed by atoms with E-state index in [1.165, 1.54) is 29.6 Å². The third-order valence-electron chi connectivity index (χ3n) is 5.01. The summed E-state index contributed by atoms with van der Waals surface area (Å²) in [5.41, 5.74) is 2.20. The Labute approximate surface area is 188 Å². The molecule has 2 aromatic rings. The zero-order chi connectivity index (χ0) is 23.7. The third kappa shape index (κ3) is 7.42. The van der Waals surface area contributed by atoms with Gasteiger partial charge < -0.3 is 9.64 Å². The van der Waals surface area contributed by atoms with Crippen LogP contribution < -0.4 is 0 Å². The lowest BCUT2D eigenvalue weighted by Gasteiger charge is -2.18. The van der Waals surface area contributed by atoms with Crippen molar-refractivity contribution >= 4 is 21.9 Å². The minimum absolute atomic E-state index is 0.0260. The number of rotatable bonds is 11. The van der Waals surface area contributed by atoms with Gasteiger partial charge in [0.15, 0.2) is 6.61 Å². The molecule has 0 heterocycles. The Kier molecular flexibility index (Phi) is 9.34. The molecule has 2 rings (SSSR count). The largest absolute Gasteiger partial charge is 0.456 e. The number of hydrogen-bond acceptors (Lipinski definition) is 5. The van der Waals surface area contributed by atoms with Gasteiger partial charge in [-0.3, -0.25) is 9.59 Å². The first-order chi connectivity index (χ1) is 15.1. The van der Waals surface area contributed by atoms with Gasteiger partial charge in [0.1, 0.15) is 5.82 Å². The molecule has 0 spiro atoms. The van der Waals surface area contributed by atoms with Gasteiger partial charge in [-0.25, -0.2) is 17.1 Å². The summed E-state index contributed by atoms with van der Waals surface area (Å²) in [6.45, 7) is 2.19. The van der Waals surface area contributed by atoms with Crippen molar-refractivity contribution in [2.24, 2.45) is 0 Å². The van der Waals surface area contributed by atoms with Crippen LogP contribution in [0.2, 0.25) is 0 Å². The lowest BCUT2D eigenvalue weighted by atomic mass is 10.1. The van der Waals surface area contributed by atoms with Gasteiger partial charge in [0, 0.05) is 33.6 Å². The van der Waals surface area contributed by atoms with Crippen molar-refractivity contribution in [2.75, 3.05) is 27.2 Å². The Bertz CT molecular complexity index is 1010. The van der Waals surface area contributed by atoms with Crippen LogP contribution in [-0.4, -0.2) is 56.7 Å². The zero-order valence-corrected chi connectivity index (χ0v) is 19.4. The molecule has 0 saturated heterocycles. The van der Waals surface area contributed by atoms with Crippen molar-refractivity contribution in [3.8, 4) is 0 Å². The molecule has 2 aromatic carbocycles. The van der Waals surface area contributed by atoms with Crippen LogP contribution in [0.25, 0.3) is 0 Å². The van der Waals surface area contributed by atoms with Crippen LogP contribution in [0.3, 0.4) is 0 Å². The molecule has 174 valence electrons. The number of esters is 1. The van der Waals surface area contributed by atoms with Gasteiger partial charge in [0.25, 0.3) is 5.91 Å². The van der Waals surface area contributed by atoms with Gasteiger partial charge in [-0.05, 0) is 48.2 Å². The number of amides is 1. The van der Waals surface area contributed by atoms with Crippen LogP contribution >= 0.6 is 0 Å². The molecule has 9 heteroatoms. The fourth-order valence-electron chi connectivity index (χ4n) is 2.92. The van der Waals surface area contributed by atoms with Gasteiger partial charge in [0.05, 0.1) is 4.90 Å². The molecule has 0 bridgehead atoms. The highest BCUT2D eigenvalue weighted by Gasteiger charge is 2.21. The molecule has 0 saturated carbocycles. The summed E-state index contributed by atoms with van der Waals surface area (Å²) in [5.74, 6) is -1.43. The monoisotopic (exact) mass is 464 g/mol. The first-order valence-corrected chi connectivity index (χ1v) is 11.8. The molecule has 0 aliphatic heterocycles. The molecule has 32 heavy (non-hydrogen) atoms. The topological polar surface area (TPSA) is 84.0 Å². The Morgan fingerprint density at radius 3 is 2.16 bits per heavy atom. The average molecular weight is 465 g/mol. The molecule has 0 N–H and O–H groups in total. The van der Waals surface area contributed by atoms with Crippen LogP contribution in [0, 0.1) is 5.82 Å². The maximum atomic E-state index is 13.0. The number of carbonyl (C=O) groups excluding carboxylic acids is 2. The predicted octanol–water partition coefficient (Wildman–Crippen LogP) is 2.99. The number of carbonyl (C=O) groups is 2. The first kappa shape index (κ1) is 25.5. The van der Waals surface area contributed by atoms with Crippen LogP contribution in [0.1, 0.15) is 30.9 Å². The SMILES string of the molecule is CCc1ccc(CN(C)C(=O)COC(=O)CCCN(C)S(=O)(=O)c2ccc(F)cc2)cc1. The molecule has 1 amide bonds. The number of likely N-dealkylation sites (N-methyl/N-ethyl adjacent to an activating group) is 1. The van der Waals surface area contributed by atoms with E-state index in [2.05, 4.69) is 6.92 Å². The normalized spacial score (nSPS) is 11.4. The molecule has 0 aliphatic carbocycles. The molecule has 7 nitrogen and oxygen atoms in total. The number of aryl methyl sites for hydroxylation is 1. The lowest BCUT2D eigenvalue weighted by Crippen LogP contribution is -2.31. The highest BCUT2D eigenvalue weighted by molar-refractivity contribution is 7.89. The van der Waals surface area contributed by atoms with Crippen molar-refractivity contribution in [2.45, 2.75) is 37.6 Å². The molecular weight excluding hydrogens is 435 g/mol.